The highest BCUT2D eigenvalue weighted by Crippen LogP contribution is 2.29. The van der Waals surface area contributed by atoms with Gasteiger partial charge >= 0.3 is 0 Å². The third-order valence-electron chi connectivity index (χ3n) is 3.18. The molecule has 1 saturated heterocycles. The Morgan fingerprint density at radius 1 is 1.53 bits per heavy atom. The van der Waals surface area contributed by atoms with Crippen molar-refractivity contribution in [2.24, 2.45) is 0 Å². The molecule has 1 aliphatic heterocycles. The first kappa shape index (κ1) is 13.0. The second kappa shape index (κ2) is 5.06. The molecular weight excluding hydrogens is 258 g/mol. The lowest BCUT2D eigenvalue weighted by atomic mass is 10.1. The van der Waals surface area contributed by atoms with E-state index < -0.39 is 10.0 Å². The lowest BCUT2D eigenvalue weighted by molar-refractivity contribution is 0.265. The van der Waals surface area contributed by atoms with E-state index in [2.05, 4.69) is 0 Å². The highest BCUT2D eigenvalue weighted by Gasteiger charge is 2.32. The maximum absolute atomic E-state index is 12.5. The van der Waals surface area contributed by atoms with E-state index in [9.17, 15) is 8.42 Å². The number of nitrogens with zero attached hydrogens (tertiary/aromatic N) is 1. The molecule has 0 amide bonds. The van der Waals surface area contributed by atoms with Crippen molar-refractivity contribution in [2.45, 2.75) is 43.7 Å². The summed E-state index contributed by atoms with van der Waals surface area (Å²) < 4.78 is 26.5. The van der Waals surface area contributed by atoms with Gasteiger partial charge in [-0.2, -0.15) is 4.31 Å². The van der Waals surface area contributed by atoms with Crippen LogP contribution in [-0.4, -0.2) is 30.4 Å². The van der Waals surface area contributed by atoms with Crippen LogP contribution in [0.25, 0.3) is 0 Å². The van der Waals surface area contributed by atoms with Crippen LogP contribution in [0.5, 0.6) is 0 Å². The summed E-state index contributed by atoms with van der Waals surface area (Å²) in [5, 5.41) is 10.9. The molecule has 2 heterocycles. The van der Waals surface area contributed by atoms with Gasteiger partial charge in [-0.3, -0.25) is 0 Å². The molecular formula is C11H17NO3S2. The summed E-state index contributed by atoms with van der Waals surface area (Å²) in [6.45, 7) is 2.32. The van der Waals surface area contributed by atoms with Gasteiger partial charge in [0.1, 0.15) is 0 Å². The van der Waals surface area contributed by atoms with Gasteiger partial charge in [0, 0.05) is 17.5 Å². The highest BCUT2D eigenvalue weighted by molar-refractivity contribution is 7.89. The molecule has 1 fully saturated rings. The standard InChI is InChI=1S/C11H17NO3S2/c1-9-4-2-3-6-12(9)17(14,15)11-5-7-16-10(11)8-13/h5,7,9,13H,2-4,6,8H2,1H3. The molecule has 0 aliphatic carbocycles. The van der Waals surface area contributed by atoms with Crippen molar-refractivity contribution in [3.05, 3.63) is 16.3 Å². The molecule has 96 valence electrons. The number of rotatable bonds is 3. The minimum absolute atomic E-state index is 0.0557. The first-order valence-electron chi connectivity index (χ1n) is 5.76. The van der Waals surface area contributed by atoms with Crippen LogP contribution in [0.3, 0.4) is 0 Å². The Morgan fingerprint density at radius 2 is 2.29 bits per heavy atom. The van der Waals surface area contributed by atoms with Crippen molar-refractivity contribution in [2.75, 3.05) is 6.54 Å². The van der Waals surface area contributed by atoms with Crippen LogP contribution < -0.4 is 0 Å². The molecule has 1 atom stereocenters. The van der Waals surface area contributed by atoms with Crippen LogP contribution in [0, 0.1) is 0 Å². The van der Waals surface area contributed by atoms with Gasteiger partial charge in [0.25, 0.3) is 0 Å². The molecule has 1 aromatic rings. The Labute approximate surface area is 106 Å². The van der Waals surface area contributed by atoms with Crippen molar-refractivity contribution < 1.29 is 13.5 Å². The summed E-state index contributed by atoms with van der Waals surface area (Å²) in [6, 6.07) is 1.65. The van der Waals surface area contributed by atoms with Gasteiger partial charge in [-0.15, -0.1) is 11.3 Å². The molecule has 6 heteroatoms. The molecule has 0 bridgehead atoms. The Kier molecular flexibility index (Phi) is 3.87. The minimum atomic E-state index is -3.43. The van der Waals surface area contributed by atoms with Gasteiger partial charge in [-0.05, 0) is 31.2 Å². The maximum Gasteiger partial charge on any atom is 0.244 e. The van der Waals surface area contributed by atoms with Crippen molar-refractivity contribution in [1.29, 1.82) is 0 Å². The van der Waals surface area contributed by atoms with Crippen LogP contribution in [0.4, 0.5) is 0 Å². The fourth-order valence-corrected chi connectivity index (χ4v) is 5.20. The zero-order valence-corrected chi connectivity index (χ0v) is 11.4. The number of piperidine rings is 1. The number of aliphatic hydroxyl groups excluding tert-OH is 1. The van der Waals surface area contributed by atoms with Gasteiger partial charge in [-0.1, -0.05) is 6.42 Å². The van der Waals surface area contributed by atoms with E-state index in [1.165, 1.54) is 11.3 Å². The summed E-state index contributed by atoms with van der Waals surface area (Å²) in [4.78, 5) is 0.807. The fraction of sp³-hybridized carbons (Fsp3) is 0.636. The van der Waals surface area contributed by atoms with Gasteiger partial charge in [-0.25, -0.2) is 8.42 Å². The SMILES string of the molecule is CC1CCCCN1S(=O)(=O)c1ccsc1CO. The third-order valence-corrected chi connectivity index (χ3v) is 6.31. The summed E-state index contributed by atoms with van der Waals surface area (Å²) in [7, 11) is -3.43. The Balaban J connectivity index is 2.35. The molecule has 1 unspecified atom stereocenters. The van der Waals surface area contributed by atoms with Gasteiger partial charge < -0.3 is 5.11 Å². The van der Waals surface area contributed by atoms with Gasteiger partial charge in [0.15, 0.2) is 0 Å². The molecule has 4 nitrogen and oxygen atoms in total. The third kappa shape index (κ3) is 2.40. The summed E-state index contributed by atoms with van der Waals surface area (Å²) >= 11 is 1.29. The number of hydrogen-bond acceptors (Lipinski definition) is 4. The lowest BCUT2D eigenvalue weighted by Gasteiger charge is -2.32. The smallest absolute Gasteiger partial charge is 0.244 e. The molecule has 17 heavy (non-hydrogen) atoms. The Hall–Kier alpha value is -0.430. The van der Waals surface area contributed by atoms with Crippen LogP contribution in [0.1, 0.15) is 31.1 Å². The van der Waals surface area contributed by atoms with E-state index in [-0.39, 0.29) is 17.5 Å². The zero-order valence-electron chi connectivity index (χ0n) is 9.80. The predicted molar refractivity (Wildman–Crippen MR) is 67.4 cm³/mol. The largest absolute Gasteiger partial charge is 0.391 e. The average Bonchev–Trinajstić information content (AvgIpc) is 2.78. The topological polar surface area (TPSA) is 57.6 Å². The molecule has 0 saturated carbocycles. The number of hydrogen-bond donors (Lipinski definition) is 1. The van der Waals surface area contributed by atoms with E-state index >= 15 is 0 Å². The summed E-state index contributed by atoms with van der Waals surface area (Å²) in [6.07, 6.45) is 2.92. The summed E-state index contributed by atoms with van der Waals surface area (Å²) in [5.41, 5.74) is 0. The van der Waals surface area contributed by atoms with Crippen molar-refractivity contribution in [3.8, 4) is 0 Å². The predicted octanol–water partition coefficient (Wildman–Crippen LogP) is 1.80. The molecule has 0 spiro atoms. The van der Waals surface area contributed by atoms with E-state index in [0.29, 0.717) is 11.4 Å². The average molecular weight is 275 g/mol. The normalized spacial score (nSPS) is 22.8. The molecule has 1 aliphatic rings. The van der Waals surface area contributed by atoms with Crippen LogP contribution in [0.2, 0.25) is 0 Å². The molecule has 1 aromatic heterocycles. The van der Waals surface area contributed by atoms with Gasteiger partial charge in [0.05, 0.1) is 11.5 Å². The van der Waals surface area contributed by atoms with Crippen LogP contribution >= 0.6 is 11.3 Å². The van der Waals surface area contributed by atoms with Crippen LogP contribution in [0.15, 0.2) is 16.3 Å². The van der Waals surface area contributed by atoms with Crippen LogP contribution in [-0.2, 0) is 16.6 Å². The van der Waals surface area contributed by atoms with Crippen molar-refractivity contribution >= 4 is 21.4 Å². The Bertz CT molecular complexity index is 481. The second-order valence-corrected chi connectivity index (χ2v) is 7.19. The monoisotopic (exact) mass is 275 g/mol. The van der Waals surface area contributed by atoms with E-state index in [1.54, 1.807) is 15.8 Å². The number of sulfonamides is 1. The summed E-state index contributed by atoms with van der Waals surface area (Å²) in [5.74, 6) is 0. The zero-order chi connectivity index (χ0) is 12.5. The number of thiophene rings is 1. The number of aliphatic hydroxyl groups is 1. The quantitative estimate of drug-likeness (QED) is 0.915. The van der Waals surface area contributed by atoms with Crippen molar-refractivity contribution in [1.82, 2.24) is 4.31 Å². The first-order chi connectivity index (χ1) is 8.07. The molecule has 0 radical (unpaired) electrons. The van der Waals surface area contributed by atoms with E-state index in [1.807, 2.05) is 6.92 Å². The first-order valence-corrected chi connectivity index (χ1v) is 8.08. The maximum atomic E-state index is 12.5. The Morgan fingerprint density at radius 3 is 2.94 bits per heavy atom. The highest BCUT2D eigenvalue weighted by atomic mass is 32.2. The van der Waals surface area contributed by atoms with Crippen molar-refractivity contribution in [3.63, 3.8) is 0 Å². The second-order valence-electron chi connectivity index (χ2n) is 4.33. The minimum Gasteiger partial charge on any atom is -0.391 e. The fourth-order valence-electron chi connectivity index (χ4n) is 2.23. The molecule has 0 aromatic carbocycles. The lowest BCUT2D eigenvalue weighted by Crippen LogP contribution is -2.42. The molecule has 2 rings (SSSR count). The molecule has 1 N–H and O–H groups in total. The van der Waals surface area contributed by atoms with E-state index in [0.717, 1.165) is 19.3 Å². The van der Waals surface area contributed by atoms with Gasteiger partial charge in [0.2, 0.25) is 10.0 Å². The van der Waals surface area contributed by atoms with E-state index in [4.69, 9.17) is 5.11 Å².